The summed E-state index contributed by atoms with van der Waals surface area (Å²) in [6.07, 6.45) is -0.592. The molecule has 0 aromatic heterocycles. The predicted molar refractivity (Wildman–Crippen MR) is 99.1 cm³/mol. The van der Waals surface area contributed by atoms with Gasteiger partial charge in [-0.15, -0.1) is 0 Å². The first-order valence-corrected chi connectivity index (χ1v) is 9.88. The molecule has 2 N–H and O–H groups in total. The van der Waals surface area contributed by atoms with Gasteiger partial charge in [0.05, 0.1) is 16.5 Å². The largest absolute Gasteiger partial charge is 0.444 e. The molecule has 9 heteroatoms. The van der Waals surface area contributed by atoms with E-state index in [0.29, 0.717) is 0 Å². The SMILES string of the molecule is CC(C)CC(NC(=O)OC(C)(C)C)C(=O)NS(=O)(=O)c1cccc(C#N)c1. The van der Waals surface area contributed by atoms with Gasteiger partial charge in [0.25, 0.3) is 15.9 Å². The molecular weight excluding hydrogens is 370 g/mol. The van der Waals surface area contributed by atoms with Crippen LogP contribution in [0.3, 0.4) is 0 Å². The van der Waals surface area contributed by atoms with Crippen molar-refractivity contribution < 1.29 is 22.7 Å². The number of sulfonamides is 1. The van der Waals surface area contributed by atoms with Gasteiger partial charge in [0.2, 0.25) is 0 Å². The minimum atomic E-state index is -4.19. The lowest BCUT2D eigenvalue weighted by Gasteiger charge is -2.24. The standard InChI is InChI=1S/C18H25N3O5S/c1-12(2)9-15(20-17(23)26-18(3,4)5)16(22)21-27(24,25)14-8-6-7-13(10-14)11-19/h6-8,10,12,15H,9H2,1-5H3,(H,20,23)(H,21,22). The fraction of sp³-hybridized carbons (Fsp3) is 0.500. The lowest BCUT2D eigenvalue weighted by molar-refractivity contribution is -0.121. The molecule has 0 aliphatic heterocycles. The molecule has 0 aliphatic rings. The molecule has 0 bridgehead atoms. The number of nitrogens with one attached hydrogen (secondary N) is 2. The molecule has 2 amide bonds. The number of nitriles is 1. The van der Waals surface area contributed by atoms with E-state index in [4.69, 9.17) is 10.00 Å². The number of hydrogen-bond donors (Lipinski definition) is 2. The van der Waals surface area contributed by atoms with Crippen LogP contribution in [0.25, 0.3) is 0 Å². The Hall–Kier alpha value is -2.60. The van der Waals surface area contributed by atoms with Crippen molar-refractivity contribution in [1.29, 1.82) is 5.26 Å². The summed E-state index contributed by atoms with van der Waals surface area (Å²) in [6.45, 7) is 8.70. The van der Waals surface area contributed by atoms with Crippen molar-refractivity contribution in [1.82, 2.24) is 10.0 Å². The number of benzene rings is 1. The lowest BCUT2D eigenvalue weighted by atomic mass is 10.0. The van der Waals surface area contributed by atoms with E-state index in [0.717, 1.165) is 6.07 Å². The van der Waals surface area contributed by atoms with Crippen molar-refractivity contribution in [2.75, 3.05) is 0 Å². The van der Waals surface area contributed by atoms with Crippen LogP contribution in [0, 0.1) is 17.2 Å². The van der Waals surface area contributed by atoms with Crippen LogP contribution in [0.1, 0.15) is 46.6 Å². The first-order valence-electron chi connectivity index (χ1n) is 8.40. The van der Waals surface area contributed by atoms with Crippen LogP contribution in [-0.4, -0.2) is 32.1 Å². The quantitative estimate of drug-likeness (QED) is 0.761. The summed E-state index contributed by atoms with van der Waals surface area (Å²) in [4.78, 5) is 24.3. The van der Waals surface area contributed by atoms with Crippen molar-refractivity contribution in [2.24, 2.45) is 5.92 Å². The van der Waals surface area contributed by atoms with Crippen molar-refractivity contribution in [2.45, 2.75) is 57.6 Å². The van der Waals surface area contributed by atoms with Crippen LogP contribution >= 0.6 is 0 Å². The van der Waals surface area contributed by atoms with E-state index in [1.165, 1.54) is 18.2 Å². The van der Waals surface area contributed by atoms with Crippen LogP contribution in [-0.2, 0) is 19.6 Å². The molecule has 0 saturated carbocycles. The minimum absolute atomic E-state index is 0.0142. The summed E-state index contributed by atoms with van der Waals surface area (Å²) in [5, 5.41) is 11.3. The molecule has 0 spiro atoms. The highest BCUT2D eigenvalue weighted by molar-refractivity contribution is 7.90. The molecule has 8 nitrogen and oxygen atoms in total. The van der Waals surface area contributed by atoms with Gasteiger partial charge in [0, 0.05) is 0 Å². The Bertz CT molecular complexity index is 835. The third-order valence-electron chi connectivity index (χ3n) is 3.22. The number of ether oxygens (including phenoxy) is 1. The molecular formula is C18H25N3O5S. The number of carbonyl (C=O) groups excluding carboxylic acids is 2. The van der Waals surface area contributed by atoms with Crippen LogP contribution in [0.15, 0.2) is 29.2 Å². The highest BCUT2D eigenvalue weighted by Crippen LogP contribution is 2.13. The third-order valence-corrected chi connectivity index (χ3v) is 4.57. The van der Waals surface area contributed by atoms with Gasteiger partial charge in [-0.25, -0.2) is 17.9 Å². The van der Waals surface area contributed by atoms with Crippen LogP contribution < -0.4 is 10.0 Å². The summed E-state index contributed by atoms with van der Waals surface area (Å²) in [7, 11) is -4.19. The Kier molecular flexibility index (Phi) is 7.37. The van der Waals surface area contributed by atoms with E-state index in [2.05, 4.69) is 5.32 Å². The second-order valence-electron chi connectivity index (χ2n) is 7.44. The van der Waals surface area contributed by atoms with Crippen molar-refractivity contribution in [3.63, 3.8) is 0 Å². The van der Waals surface area contributed by atoms with Crippen LogP contribution in [0.5, 0.6) is 0 Å². The normalized spacial score (nSPS) is 12.8. The second-order valence-corrected chi connectivity index (χ2v) is 9.12. The van der Waals surface area contributed by atoms with Gasteiger partial charge in [-0.3, -0.25) is 4.79 Å². The molecule has 148 valence electrons. The summed E-state index contributed by atoms with van der Waals surface area (Å²) < 4.78 is 31.9. The molecule has 0 aliphatic carbocycles. The maximum Gasteiger partial charge on any atom is 0.408 e. The number of hydrogen-bond acceptors (Lipinski definition) is 6. The molecule has 1 atom stereocenters. The van der Waals surface area contributed by atoms with Crippen molar-refractivity contribution in [3.05, 3.63) is 29.8 Å². The zero-order chi connectivity index (χ0) is 20.8. The maximum absolute atomic E-state index is 12.5. The van der Waals surface area contributed by atoms with Crippen LogP contribution in [0.2, 0.25) is 0 Å². The number of nitrogens with zero attached hydrogens (tertiary/aromatic N) is 1. The first kappa shape index (κ1) is 22.4. The number of carbonyl (C=O) groups is 2. The van der Waals surface area contributed by atoms with E-state index in [1.54, 1.807) is 20.8 Å². The van der Waals surface area contributed by atoms with E-state index in [-0.39, 0.29) is 22.8 Å². The number of alkyl carbamates (subject to hydrolysis) is 1. The van der Waals surface area contributed by atoms with E-state index < -0.39 is 33.7 Å². The van der Waals surface area contributed by atoms with Crippen molar-refractivity contribution >= 4 is 22.0 Å². The Labute approximate surface area is 160 Å². The van der Waals surface area contributed by atoms with Crippen molar-refractivity contribution in [3.8, 4) is 6.07 Å². The third kappa shape index (κ3) is 7.66. The second kappa shape index (κ2) is 8.86. The highest BCUT2D eigenvalue weighted by atomic mass is 32.2. The Balaban J connectivity index is 2.98. The fourth-order valence-electron chi connectivity index (χ4n) is 2.15. The van der Waals surface area contributed by atoms with Gasteiger partial charge in [-0.2, -0.15) is 5.26 Å². The molecule has 0 heterocycles. The van der Waals surface area contributed by atoms with E-state index >= 15 is 0 Å². The van der Waals surface area contributed by atoms with Gasteiger partial charge >= 0.3 is 6.09 Å². The fourth-order valence-corrected chi connectivity index (χ4v) is 3.21. The first-order chi connectivity index (χ1) is 12.3. The molecule has 1 unspecified atom stereocenters. The zero-order valence-corrected chi connectivity index (χ0v) is 16.9. The van der Waals surface area contributed by atoms with Gasteiger partial charge in [-0.05, 0) is 51.3 Å². The Morgan fingerprint density at radius 2 is 1.89 bits per heavy atom. The zero-order valence-electron chi connectivity index (χ0n) is 16.1. The molecule has 1 aromatic carbocycles. The topological polar surface area (TPSA) is 125 Å². The molecule has 1 aromatic rings. The predicted octanol–water partition coefficient (Wildman–Crippen LogP) is 2.30. The molecule has 0 fully saturated rings. The highest BCUT2D eigenvalue weighted by Gasteiger charge is 2.28. The summed E-state index contributed by atoms with van der Waals surface area (Å²) in [5.41, 5.74) is -0.608. The number of rotatable bonds is 6. The van der Waals surface area contributed by atoms with Gasteiger partial charge in [-0.1, -0.05) is 19.9 Å². The van der Waals surface area contributed by atoms with Crippen LogP contribution in [0.4, 0.5) is 4.79 Å². The molecule has 1 rings (SSSR count). The van der Waals surface area contributed by atoms with Gasteiger partial charge in [0.1, 0.15) is 11.6 Å². The van der Waals surface area contributed by atoms with Gasteiger partial charge in [0.15, 0.2) is 0 Å². The van der Waals surface area contributed by atoms with E-state index in [9.17, 15) is 18.0 Å². The minimum Gasteiger partial charge on any atom is -0.444 e. The Morgan fingerprint density at radius 1 is 1.26 bits per heavy atom. The number of amides is 2. The van der Waals surface area contributed by atoms with E-state index in [1.807, 2.05) is 24.6 Å². The van der Waals surface area contributed by atoms with Gasteiger partial charge < -0.3 is 10.1 Å². The maximum atomic E-state index is 12.5. The molecule has 0 radical (unpaired) electrons. The average molecular weight is 395 g/mol. The Morgan fingerprint density at radius 3 is 2.41 bits per heavy atom. The average Bonchev–Trinajstić information content (AvgIpc) is 2.51. The monoisotopic (exact) mass is 395 g/mol. The summed E-state index contributed by atoms with van der Waals surface area (Å²) in [6, 6.07) is 6.04. The molecule has 0 saturated heterocycles. The summed E-state index contributed by atoms with van der Waals surface area (Å²) in [5.74, 6) is -0.864. The lowest BCUT2D eigenvalue weighted by Crippen LogP contribution is -2.50. The summed E-state index contributed by atoms with van der Waals surface area (Å²) >= 11 is 0. The molecule has 27 heavy (non-hydrogen) atoms. The smallest absolute Gasteiger partial charge is 0.408 e.